The molecule has 8 heteroatoms. The maximum Gasteiger partial charge on any atom is 0.259 e. The highest BCUT2D eigenvalue weighted by Crippen LogP contribution is 2.27. The van der Waals surface area contributed by atoms with E-state index in [1.807, 2.05) is 0 Å². The van der Waals surface area contributed by atoms with Crippen molar-refractivity contribution in [3.05, 3.63) is 95.4 Å². The number of nitrogens with zero attached hydrogens (tertiary/aromatic N) is 3. The molecule has 1 amide bonds. The van der Waals surface area contributed by atoms with Crippen LogP contribution in [0, 0.1) is 11.6 Å². The third kappa shape index (κ3) is 4.16. The van der Waals surface area contributed by atoms with Gasteiger partial charge >= 0.3 is 0 Å². The summed E-state index contributed by atoms with van der Waals surface area (Å²) in [5, 5.41) is 2.78. The number of aromatic nitrogens is 3. The van der Waals surface area contributed by atoms with Gasteiger partial charge in [0.1, 0.15) is 11.6 Å². The number of benzene rings is 2. The van der Waals surface area contributed by atoms with Gasteiger partial charge in [-0.15, -0.1) is 0 Å². The summed E-state index contributed by atoms with van der Waals surface area (Å²) in [4.78, 5) is 25.7. The van der Waals surface area contributed by atoms with E-state index >= 15 is 0 Å². The molecule has 0 saturated carbocycles. The Balaban J connectivity index is 1.77. The van der Waals surface area contributed by atoms with E-state index in [0.717, 1.165) is 6.07 Å². The van der Waals surface area contributed by atoms with Crippen molar-refractivity contribution in [2.24, 2.45) is 0 Å². The van der Waals surface area contributed by atoms with Crippen LogP contribution in [-0.4, -0.2) is 20.9 Å². The van der Waals surface area contributed by atoms with E-state index in [4.69, 9.17) is 11.6 Å². The molecule has 4 rings (SSSR count). The quantitative estimate of drug-likeness (QED) is 0.479. The molecular weight excluding hydrogens is 410 g/mol. The summed E-state index contributed by atoms with van der Waals surface area (Å²) < 4.78 is 26.8. The lowest BCUT2D eigenvalue weighted by Gasteiger charge is -2.12. The molecule has 0 atom stereocenters. The number of hydrogen-bond acceptors (Lipinski definition) is 4. The zero-order valence-electron chi connectivity index (χ0n) is 15.3. The fourth-order valence-electron chi connectivity index (χ4n) is 2.80. The van der Waals surface area contributed by atoms with Crippen LogP contribution in [0.3, 0.4) is 0 Å². The predicted molar refractivity (Wildman–Crippen MR) is 110 cm³/mol. The Morgan fingerprint density at radius 1 is 0.900 bits per heavy atom. The van der Waals surface area contributed by atoms with Crippen molar-refractivity contribution < 1.29 is 13.6 Å². The highest BCUT2D eigenvalue weighted by Gasteiger charge is 2.18. The Morgan fingerprint density at radius 2 is 1.60 bits per heavy atom. The predicted octanol–water partition coefficient (Wildman–Crippen LogP) is 5.39. The molecule has 0 bridgehead atoms. The first-order valence-corrected chi connectivity index (χ1v) is 9.19. The number of nitrogens with one attached hydrogen (secondary N) is 1. The average molecular weight is 423 g/mol. The Labute approximate surface area is 175 Å². The maximum atomic E-state index is 13.5. The molecule has 0 spiro atoms. The van der Waals surface area contributed by atoms with E-state index < -0.39 is 11.7 Å². The van der Waals surface area contributed by atoms with Crippen molar-refractivity contribution in [1.82, 2.24) is 15.0 Å². The monoisotopic (exact) mass is 422 g/mol. The van der Waals surface area contributed by atoms with Gasteiger partial charge in [-0.2, -0.15) is 0 Å². The topological polar surface area (TPSA) is 67.8 Å². The summed E-state index contributed by atoms with van der Waals surface area (Å²) in [5.41, 5.74) is 1.85. The SMILES string of the molecule is O=C(Nc1cc(F)ccc1Cl)c1cnc(-c2ccc(F)cc2)nc1-c1ccncc1. The number of anilines is 1. The van der Waals surface area contributed by atoms with E-state index in [2.05, 4.69) is 20.3 Å². The van der Waals surface area contributed by atoms with Crippen molar-refractivity contribution >= 4 is 23.2 Å². The Morgan fingerprint density at radius 3 is 2.33 bits per heavy atom. The second-order valence-electron chi connectivity index (χ2n) is 6.28. The summed E-state index contributed by atoms with van der Waals surface area (Å²) >= 11 is 6.05. The van der Waals surface area contributed by atoms with Gasteiger partial charge in [-0.25, -0.2) is 18.7 Å². The number of halogens is 3. The largest absolute Gasteiger partial charge is 0.320 e. The van der Waals surface area contributed by atoms with E-state index in [0.29, 0.717) is 22.6 Å². The fourth-order valence-corrected chi connectivity index (χ4v) is 2.96. The van der Waals surface area contributed by atoms with Crippen LogP contribution in [0.25, 0.3) is 22.6 Å². The number of hydrogen-bond donors (Lipinski definition) is 1. The van der Waals surface area contributed by atoms with Gasteiger partial charge in [-0.1, -0.05) is 11.6 Å². The van der Waals surface area contributed by atoms with Crippen LogP contribution < -0.4 is 5.32 Å². The smallest absolute Gasteiger partial charge is 0.259 e. The molecule has 5 nitrogen and oxygen atoms in total. The fraction of sp³-hybridized carbons (Fsp3) is 0. The summed E-state index contributed by atoms with van der Waals surface area (Å²) in [6.45, 7) is 0. The second-order valence-corrected chi connectivity index (χ2v) is 6.68. The standard InChI is InChI=1S/C22H13ClF2N4O/c23-18-6-5-16(25)11-19(18)28-22(30)17-12-27-21(14-1-3-15(24)4-2-14)29-20(17)13-7-9-26-10-8-13/h1-12H,(H,28,30). The van der Waals surface area contributed by atoms with Gasteiger partial charge in [-0.3, -0.25) is 9.78 Å². The Kier molecular flexibility index (Phi) is 5.45. The van der Waals surface area contributed by atoms with Crippen molar-refractivity contribution in [2.75, 3.05) is 5.32 Å². The molecule has 0 fully saturated rings. The molecule has 148 valence electrons. The van der Waals surface area contributed by atoms with Crippen LogP contribution in [0.5, 0.6) is 0 Å². The highest BCUT2D eigenvalue weighted by atomic mass is 35.5. The lowest BCUT2D eigenvalue weighted by atomic mass is 10.1. The van der Waals surface area contributed by atoms with E-state index in [9.17, 15) is 13.6 Å². The molecule has 2 aromatic carbocycles. The van der Waals surface area contributed by atoms with E-state index in [1.165, 1.54) is 30.5 Å². The minimum Gasteiger partial charge on any atom is -0.320 e. The van der Waals surface area contributed by atoms with E-state index in [-0.39, 0.29) is 22.1 Å². The van der Waals surface area contributed by atoms with Gasteiger partial charge in [0.2, 0.25) is 0 Å². The molecule has 0 aliphatic heterocycles. The van der Waals surface area contributed by atoms with Gasteiger partial charge in [0.25, 0.3) is 5.91 Å². The summed E-state index contributed by atoms with van der Waals surface area (Å²) in [5.74, 6) is -1.15. The van der Waals surface area contributed by atoms with Crippen LogP contribution in [0.1, 0.15) is 10.4 Å². The third-order valence-corrected chi connectivity index (χ3v) is 4.60. The number of carbonyl (C=O) groups excluding carboxylic acids is 1. The molecule has 0 aliphatic carbocycles. The third-order valence-electron chi connectivity index (χ3n) is 4.27. The molecule has 0 saturated heterocycles. The van der Waals surface area contributed by atoms with Gasteiger partial charge in [-0.05, 0) is 54.6 Å². The number of amides is 1. The zero-order chi connectivity index (χ0) is 21.1. The Hall–Kier alpha value is -3.71. The first kappa shape index (κ1) is 19.6. The van der Waals surface area contributed by atoms with E-state index in [1.54, 1.807) is 36.7 Å². The minimum atomic E-state index is -0.556. The molecule has 2 heterocycles. The number of rotatable bonds is 4. The minimum absolute atomic E-state index is 0.130. The van der Waals surface area contributed by atoms with Crippen molar-refractivity contribution in [3.63, 3.8) is 0 Å². The summed E-state index contributed by atoms with van der Waals surface area (Å²) in [6.07, 6.45) is 4.50. The molecule has 2 aromatic heterocycles. The Bertz CT molecular complexity index is 1220. The maximum absolute atomic E-state index is 13.5. The van der Waals surface area contributed by atoms with Crippen molar-refractivity contribution in [1.29, 1.82) is 0 Å². The number of carbonyl (C=O) groups is 1. The van der Waals surface area contributed by atoms with Crippen LogP contribution in [-0.2, 0) is 0 Å². The molecule has 0 radical (unpaired) electrons. The van der Waals surface area contributed by atoms with Gasteiger partial charge < -0.3 is 5.32 Å². The molecule has 0 aliphatic rings. The lowest BCUT2D eigenvalue weighted by Crippen LogP contribution is -2.15. The van der Waals surface area contributed by atoms with Crippen LogP contribution >= 0.6 is 11.6 Å². The van der Waals surface area contributed by atoms with Crippen LogP contribution in [0.4, 0.5) is 14.5 Å². The molecule has 4 aromatic rings. The van der Waals surface area contributed by atoms with Crippen LogP contribution in [0.2, 0.25) is 5.02 Å². The number of pyridine rings is 1. The lowest BCUT2D eigenvalue weighted by molar-refractivity contribution is 0.102. The normalized spacial score (nSPS) is 10.6. The second kappa shape index (κ2) is 8.34. The average Bonchev–Trinajstić information content (AvgIpc) is 2.77. The summed E-state index contributed by atoms with van der Waals surface area (Å²) in [7, 11) is 0. The van der Waals surface area contributed by atoms with Crippen molar-refractivity contribution in [2.45, 2.75) is 0 Å². The summed E-state index contributed by atoms with van der Waals surface area (Å²) in [6, 6.07) is 12.8. The van der Waals surface area contributed by atoms with Crippen LogP contribution in [0.15, 0.2) is 73.2 Å². The molecule has 30 heavy (non-hydrogen) atoms. The molecule has 0 unspecified atom stereocenters. The van der Waals surface area contributed by atoms with Gasteiger partial charge in [0.05, 0.1) is 22.0 Å². The molecular formula is C22H13ClF2N4O. The highest BCUT2D eigenvalue weighted by molar-refractivity contribution is 6.34. The van der Waals surface area contributed by atoms with Crippen molar-refractivity contribution in [3.8, 4) is 22.6 Å². The van der Waals surface area contributed by atoms with Gasteiger partial charge in [0, 0.05) is 29.7 Å². The molecule has 1 N–H and O–H groups in total. The zero-order valence-corrected chi connectivity index (χ0v) is 16.1. The first-order chi connectivity index (χ1) is 14.5. The van der Waals surface area contributed by atoms with Gasteiger partial charge in [0.15, 0.2) is 5.82 Å². The first-order valence-electron chi connectivity index (χ1n) is 8.81.